The molecular formula is C14H14BrN3O. The van der Waals surface area contributed by atoms with Gasteiger partial charge in [-0.2, -0.15) is 0 Å². The maximum absolute atomic E-state index is 11.8. The van der Waals surface area contributed by atoms with E-state index in [4.69, 9.17) is 0 Å². The molecule has 3 rings (SSSR count). The van der Waals surface area contributed by atoms with Gasteiger partial charge in [-0.3, -0.25) is 4.79 Å². The van der Waals surface area contributed by atoms with Crippen LogP contribution in [0.4, 0.5) is 5.82 Å². The van der Waals surface area contributed by atoms with E-state index in [1.165, 1.54) is 0 Å². The summed E-state index contributed by atoms with van der Waals surface area (Å²) in [5, 5.41) is 4.29. The number of likely N-dealkylation sites (tertiary alicyclic amines) is 1. The fourth-order valence-electron chi connectivity index (χ4n) is 2.31. The summed E-state index contributed by atoms with van der Waals surface area (Å²) >= 11 is 3.44. The van der Waals surface area contributed by atoms with Crippen LogP contribution < -0.4 is 5.32 Å². The normalized spacial score (nSPS) is 19.2. The van der Waals surface area contributed by atoms with E-state index in [0.29, 0.717) is 0 Å². The van der Waals surface area contributed by atoms with Gasteiger partial charge in [0.2, 0.25) is 5.91 Å². The predicted molar refractivity (Wildman–Crippen MR) is 79.1 cm³/mol. The van der Waals surface area contributed by atoms with Gasteiger partial charge in [0.05, 0.1) is 5.52 Å². The molecule has 1 aromatic heterocycles. The van der Waals surface area contributed by atoms with Gasteiger partial charge >= 0.3 is 0 Å². The van der Waals surface area contributed by atoms with Crippen LogP contribution in [0.25, 0.3) is 10.9 Å². The second-order valence-corrected chi connectivity index (χ2v) is 5.69. The molecule has 19 heavy (non-hydrogen) atoms. The van der Waals surface area contributed by atoms with E-state index in [9.17, 15) is 4.79 Å². The van der Waals surface area contributed by atoms with Crippen LogP contribution in [0.5, 0.6) is 0 Å². The lowest BCUT2D eigenvalue weighted by Gasteiger charge is -2.13. The van der Waals surface area contributed by atoms with Crippen LogP contribution in [0.1, 0.15) is 6.42 Å². The molecule has 1 aliphatic heterocycles. The van der Waals surface area contributed by atoms with Gasteiger partial charge in [0.1, 0.15) is 11.9 Å². The number of carbonyl (C=O) groups is 1. The zero-order chi connectivity index (χ0) is 13.4. The van der Waals surface area contributed by atoms with E-state index in [1.807, 2.05) is 37.4 Å². The summed E-state index contributed by atoms with van der Waals surface area (Å²) < 4.78 is 1.04. The lowest BCUT2D eigenvalue weighted by Crippen LogP contribution is -2.31. The van der Waals surface area contributed by atoms with Crippen molar-refractivity contribution in [3.8, 4) is 0 Å². The second-order valence-electron chi connectivity index (χ2n) is 4.78. The summed E-state index contributed by atoms with van der Waals surface area (Å²) in [5.41, 5.74) is 0.923. The lowest BCUT2D eigenvalue weighted by molar-refractivity contribution is -0.127. The van der Waals surface area contributed by atoms with Gasteiger partial charge in [-0.05, 0) is 36.8 Å². The minimum absolute atomic E-state index is 0.137. The Balaban J connectivity index is 1.86. The maximum Gasteiger partial charge on any atom is 0.244 e. The number of fused-ring (bicyclic) bond motifs is 1. The SMILES string of the molecule is CN1CCC(Nc2ccc3cc(Br)ccc3n2)C1=O. The first-order chi connectivity index (χ1) is 9.13. The van der Waals surface area contributed by atoms with Crippen molar-refractivity contribution in [1.82, 2.24) is 9.88 Å². The summed E-state index contributed by atoms with van der Waals surface area (Å²) in [5.74, 6) is 0.890. The molecule has 1 aromatic carbocycles. The molecule has 1 atom stereocenters. The highest BCUT2D eigenvalue weighted by Crippen LogP contribution is 2.21. The van der Waals surface area contributed by atoms with Crippen LogP contribution in [0.15, 0.2) is 34.8 Å². The van der Waals surface area contributed by atoms with Crippen molar-refractivity contribution in [1.29, 1.82) is 0 Å². The average Bonchev–Trinajstić information content (AvgIpc) is 2.71. The topological polar surface area (TPSA) is 45.2 Å². The average molecular weight is 320 g/mol. The highest BCUT2D eigenvalue weighted by atomic mass is 79.9. The summed E-state index contributed by atoms with van der Waals surface area (Å²) in [7, 11) is 1.83. The maximum atomic E-state index is 11.8. The van der Waals surface area contributed by atoms with Crippen LogP contribution in [0, 0.1) is 0 Å². The summed E-state index contributed by atoms with van der Waals surface area (Å²) in [6.45, 7) is 0.803. The molecule has 0 saturated carbocycles. The molecule has 0 spiro atoms. The molecule has 98 valence electrons. The Bertz CT molecular complexity index is 644. The summed E-state index contributed by atoms with van der Waals surface area (Å²) in [6.07, 6.45) is 0.829. The van der Waals surface area contributed by atoms with Gasteiger partial charge < -0.3 is 10.2 Å². The number of amides is 1. The number of pyridine rings is 1. The lowest BCUT2D eigenvalue weighted by atomic mass is 10.2. The standard InChI is InChI=1S/C14H14BrN3O/c1-18-7-6-12(14(18)19)17-13-5-2-9-8-10(15)3-4-11(9)16-13/h2-5,8,12H,6-7H2,1H3,(H,16,17). The number of rotatable bonds is 2. The Hall–Kier alpha value is -1.62. The Kier molecular flexibility index (Phi) is 3.14. The fourth-order valence-corrected chi connectivity index (χ4v) is 2.69. The van der Waals surface area contributed by atoms with Crippen LogP contribution in [0.3, 0.4) is 0 Å². The molecule has 1 fully saturated rings. The van der Waals surface area contributed by atoms with Crippen LogP contribution >= 0.6 is 15.9 Å². The minimum atomic E-state index is -0.148. The number of nitrogens with one attached hydrogen (secondary N) is 1. The second kappa shape index (κ2) is 4.81. The monoisotopic (exact) mass is 319 g/mol. The van der Waals surface area contributed by atoms with E-state index in [2.05, 4.69) is 26.2 Å². The molecule has 2 heterocycles. The molecule has 1 N–H and O–H groups in total. The molecule has 4 nitrogen and oxygen atoms in total. The van der Waals surface area contributed by atoms with E-state index in [0.717, 1.165) is 34.2 Å². The van der Waals surface area contributed by atoms with Gasteiger partial charge in [0.15, 0.2) is 0 Å². The van der Waals surface area contributed by atoms with Gasteiger partial charge in [-0.15, -0.1) is 0 Å². The van der Waals surface area contributed by atoms with Crippen molar-refractivity contribution in [2.45, 2.75) is 12.5 Å². The number of benzene rings is 1. The van der Waals surface area contributed by atoms with Crippen molar-refractivity contribution >= 4 is 38.6 Å². The number of anilines is 1. The van der Waals surface area contributed by atoms with Crippen molar-refractivity contribution in [2.75, 3.05) is 18.9 Å². The van der Waals surface area contributed by atoms with E-state index in [-0.39, 0.29) is 11.9 Å². The smallest absolute Gasteiger partial charge is 0.244 e. The third kappa shape index (κ3) is 2.42. The van der Waals surface area contributed by atoms with Gasteiger partial charge in [0, 0.05) is 23.5 Å². The zero-order valence-electron chi connectivity index (χ0n) is 10.6. The molecule has 1 aliphatic rings. The fraction of sp³-hybridized carbons (Fsp3) is 0.286. The first-order valence-corrected chi connectivity index (χ1v) is 7.00. The number of aromatic nitrogens is 1. The molecule has 1 amide bonds. The van der Waals surface area contributed by atoms with E-state index in [1.54, 1.807) is 4.90 Å². The number of nitrogens with zero attached hydrogens (tertiary/aromatic N) is 2. The van der Waals surface area contributed by atoms with E-state index < -0.39 is 0 Å². The molecule has 2 aromatic rings. The zero-order valence-corrected chi connectivity index (χ0v) is 12.1. The molecular weight excluding hydrogens is 306 g/mol. The molecule has 1 saturated heterocycles. The van der Waals surface area contributed by atoms with Gasteiger partial charge in [-0.1, -0.05) is 15.9 Å². The Morgan fingerprint density at radius 1 is 1.37 bits per heavy atom. The third-order valence-corrected chi connectivity index (χ3v) is 3.89. The Morgan fingerprint density at radius 2 is 2.21 bits per heavy atom. The van der Waals surface area contributed by atoms with Gasteiger partial charge in [0.25, 0.3) is 0 Å². The number of carbonyl (C=O) groups excluding carboxylic acids is 1. The van der Waals surface area contributed by atoms with Crippen LogP contribution in [0.2, 0.25) is 0 Å². The quantitative estimate of drug-likeness (QED) is 0.925. The van der Waals surface area contributed by atoms with Crippen LogP contribution in [-0.4, -0.2) is 35.4 Å². The van der Waals surface area contributed by atoms with Crippen LogP contribution in [-0.2, 0) is 4.79 Å². The first kappa shape index (κ1) is 12.4. The molecule has 0 aliphatic carbocycles. The molecule has 0 bridgehead atoms. The van der Waals surface area contributed by atoms with Gasteiger partial charge in [-0.25, -0.2) is 4.98 Å². The largest absolute Gasteiger partial charge is 0.358 e. The van der Waals surface area contributed by atoms with Crippen molar-refractivity contribution < 1.29 is 4.79 Å². The number of hydrogen-bond donors (Lipinski definition) is 1. The summed E-state index contributed by atoms with van der Waals surface area (Å²) in [4.78, 5) is 18.1. The molecule has 1 unspecified atom stereocenters. The minimum Gasteiger partial charge on any atom is -0.358 e. The molecule has 5 heteroatoms. The highest BCUT2D eigenvalue weighted by Gasteiger charge is 2.28. The van der Waals surface area contributed by atoms with Crippen molar-refractivity contribution in [3.05, 3.63) is 34.8 Å². The summed E-state index contributed by atoms with van der Waals surface area (Å²) in [6, 6.07) is 9.74. The molecule has 0 radical (unpaired) electrons. The number of likely N-dealkylation sites (N-methyl/N-ethyl adjacent to an activating group) is 1. The first-order valence-electron chi connectivity index (χ1n) is 6.21. The van der Waals surface area contributed by atoms with E-state index >= 15 is 0 Å². The highest BCUT2D eigenvalue weighted by molar-refractivity contribution is 9.10. The Morgan fingerprint density at radius 3 is 2.95 bits per heavy atom. The Labute approximate surface area is 119 Å². The van der Waals surface area contributed by atoms with Crippen molar-refractivity contribution in [3.63, 3.8) is 0 Å². The van der Waals surface area contributed by atoms with Crippen molar-refractivity contribution in [2.24, 2.45) is 0 Å². The number of halogens is 1. The predicted octanol–water partition coefficient (Wildman–Crippen LogP) is 2.64. The third-order valence-electron chi connectivity index (χ3n) is 3.40. The number of hydrogen-bond acceptors (Lipinski definition) is 3.